The molecule has 1 aromatic heterocycles. The summed E-state index contributed by atoms with van der Waals surface area (Å²) in [4.78, 5) is 23.9. The molecule has 0 radical (unpaired) electrons. The van der Waals surface area contributed by atoms with Crippen LogP contribution in [0.15, 0.2) is 4.79 Å². The number of aromatic nitrogens is 2. The third-order valence-electron chi connectivity index (χ3n) is 3.26. The van der Waals surface area contributed by atoms with Crippen molar-refractivity contribution in [2.24, 2.45) is 5.92 Å². The minimum Gasteiger partial charge on any atom is -0.396 e. The normalized spacial score (nSPS) is 12.5. The van der Waals surface area contributed by atoms with Crippen LogP contribution < -0.4 is 10.9 Å². The zero-order valence-corrected chi connectivity index (χ0v) is 11.8. The summed E-state index contributed by atoms with van der Waals surface area (Å²) < 4.78 is 0. The first-order valence-electron chi connectivity index (χ1n) is 6.36. The number of aryl methyl sites for hydroxylation is 1. The fourth-order valence-electron chi connectivity index (χ4n) is 1.85. The molecule has 6 heteroatoms. The molecular formula is C13H21N3O3. The second kappa shape index (κ2) is 6.47. The molecule has 1 amide bonds. The van der Waals surface area contributed by atoms with Crippen molar-refractivity contribution in [3.63, 3.8) is 0 Å². The first kappa shape index (κ1) is 15.4. The Hall–Kier alpha value is -1.69. The van der Waals surface area contributed by atoms with Gasteiger partial charge in [0, 0.05) is 12.6 Å². The van der Waals surface area contributed by atoms with E-state index < -0.39 is 11.5 Å². The number of rotatable bonds is 5. The van der Waals surface area contributed by atoms with E-state index in [1.54, 1.807) is 13.8 Å². The van der Waals surface area contributed by atoms with Crippen LogP contribution in [-0.2, 0) is 0 Å². The first-order chi connectivity index (χ1) is 8.88. The summed E-state index contributed by atoms with van der Waals surface area (Å²) in [5, 5.41) is 17.9. The van der Waals surface area contributed by atoms with Crippen molar-refractivity contribution in [2.45, 2.75) is 40.2 Å². The number of aliphatic hydroxyl groups is 1. The van der Waals surface area contributed by atoms with E-state index in [1.807, 2.05) is 13.8 Å². The van der Waals surface area contributed by atoms with E-state index in [2.05, 4.69) is 15.5 Å². The van der Waals surface area contributed by atoms with Crippen LogP contribution >= 0.6 is 0 Å². The summed E-state index contributed by atoms with van der Waals surface area (Å²) >= 11 is 0. The molecule has 0 saturated heterocycles. The average molecular weight is 267 g/mol. The molecule has 1 unspecified atom stereocenters. The molecule has 1 heterocycles. The minimum absolute atomic E-state index is 0.00611. The van der Waals surface area contributed by atoms with Gasteiger partial charge < -0.3 is 10.4 Å². The molecular weight excluding hydrogens is 246 g/mol. The van der Waals surface area contributed by atoms with Gasteiger partial charge in [-0.1, -0.05) is 13.8 Å². The smallest absolute Gasteiger partial charge is 0.277 e. The average Bonchev–Trinajstić information content (AvgIpc) is 2.33. The Bertz CT molecular complexity index is 508. The number of aromatic amines is 1. The lowest BCUT2D eigenvalue weighted by Gasteiger charge is -2.21. The van der Waals surface area contributed by atoms with Crippen LogP contribution in [0.5, 0.6) is 0 Å². The van der Waals surface area contributed by atoms with Crippen LogP contribution in [0.1, 0.15) is 41.9 Å². The highest BCUT2D eigenvalue weighted by Gasteiger charge is 2.21. The molecule has 3 N–H and O–H groups in total. The highest BCUT2D eigenvalue weighted by atomic mass is 16.3. The molecule has 1 rings (SSSR count). The minimum atomic E-state index is -0.493. The third kappa shape index (κ3) is 3.64. The van der Waals surface area contributed by atoms with Gasteiger partial charge >= 0.3 is 0 Å². The summed E-state index contributed by atoms with van der Waals surface area (Å²) in [5.41, 5.74) is 0.795. The summed E-state index contributed by atoms with van der Waals surface area (Å²) in [5.74, 6) is -0.241. The molecule has 0 aliphatic heterocycles. The predicted octanol–water partition coefficient (Wildman–Crippen LogP) is 0.524. The van der Waals surface area contributed by atoms with E-state index >= 15 is 0 Å². The van der Waals surface area contributed by atoms with Crippen molar-refractivity contribution < 1.29 is 9.90 Å². The monoisotopic (exact) mass is 267 g/mol. The number of nitrogens with one attached hydrogen (secondary N) is 2. The highest BCUT2D eigenvalue weighted by Crippen LogP contribution is 2.09. The molecule has 1 aromatic rings. The molecule has 0 saturated carbocycles. The Morgan fingerprint density at radius 3 is 2.58 bits per heavy atom. The van der Waals surface area contributed by atoms with Crippen LogP contribution in [0.3, 0.4) is 0 Å². The van der Waals surface area contributed by atoms with E-state index in [0.717, 1.165) is 0 Å². The van der Waals surface area contributed by atoms with Gasteiger partial charge in [-0.3, -0.25) is 9.59 Å². The van der Waals surface area contributed by atoms with Gasteiger partial charge in [0.1, 0.15) is 5.56 Å². The van der Waals surface area contributed by atoms with E-state index in [-0.39, 0.29) is 24.1 Å². The molecule has 1 atom stereocenters. The summed E-state index contributed by atoms with van der Waals surface area (Å²) in [7, 11) is 0. The summed E-state index contributed by atoms with van der Waals surface area (Å²) in [6, 6.07) is -0.162. The van der Waals surface area contributed by atoms with Crippen LogP contribution in [-0.4, -0.2) is 33.9 Å². The summed E-state index contributed by atoms with van der Waals surface area (Å²) in [6.45, 7) is 7.33. The van der Waals surface area contributed by atoms with Crippen molar-refractivity contribution in [1.29, 1.82) is 0 Å². The molecule has 0 fully saturated rings. The Balaban J connectivity index is 3.01. The van der Waals surface area contributed by atoms with Crippen LogP contribution in [0.25, 0.3) is 0 Å². The third-order valence-corrected chi connectivity index (χ3v) is 3.26. The lowest BCUT2D eigenvalue weighted by Crippen LogP contribution is -2.41. The van der Waals surface area contributed by atoms with Crippen LogP contribution in [0.4, 0.5) is 0 Å². The van der Waals surface area contributed by atoms with Crippen molar-refractivity contribution in [3.8, 4) is 0 Å². The fourth-order valence-corrected chi connectivity index (χ4v) is 1.85. The van der Waals surface area contributed by atoms with Gasteiger partial charge in [0.2, 0.25) is 0 Å². The Morgan fingerprint density at radius 1 is 1.42 bits per heavy atom. The molecule has 0 aromatic carbocycles. The maximum atomic E-state index is 12.2. The van der Waals surface area contributed by atoms with Crippen LogP contribution in [0.2, 0.25) is 0 Å². The van der Waals surface area contributed by atoms with E-state index in [4.69, 9.17) is 5.11 Å². The molecule has 6 nitrogen and oxygen atoms in total. The van der Waals surface area contributed by atoms with Gasteiger partial charge in [0.15, 0.2) is 0 Å². The molecule has 106 valence electrons. The largest absolute Gasteiger partial charge is 0.396 e. The van der Waals surface area contributed by atoms with Crippen molar-refractivity contribution in [2.75, 3.05) is 6.61 Å². The topological polar surface area (TPSA) is 95.1 Å². The van der Waals surface area contributed by atoms with Crippen molar-refractivity contribution in [3.05, 3.63) is 27.2 Å². The predicted molar refractivity (Wildman–Crippen MR) is 72.1 cm³/mol. The van der Waals surface area contributed by atoms with Gasteiger partial charge in [-0.15, -0.1) is 0 Å². The van der Waals surface area contributed by atoms with Crippen molar-refractivity contribution >= 4 is 5.91 Å². The SMILES string of the molecule is Cc1n[nH]c(=O)c(C(=O)NC(CCO)C(C)C)c1C. The first-order valence-corrected chi connectivity index (χ1v) is 6.36. The second-order valence-corrected chi connectivity index (χ2v) is 4.97. The number of carbonyl (C=O) groups excluding carboxylic acids is 1. The van der Waals surface area contributed by atoms with E-state index in [0.29, 0.717) is 17.7 Å². The number of H-pyrrole nitrogens is 1. The lowest BCUT2D eigenvalue weighted by molar-refractivity contribution is 0.0914. The van der Waals surface area contributed by atoms with Crippen LogP contribution in [0, 0.1) is 19.8 Å². The molecule has 0 aliphatic rings. The molecule has 0 spiro atoms. The standard InChI is InChI=1S/C13H21N3O3/c1-7(2)10(5-6-17)14-12(18)11-8(3)9(4)15-16-13(11)19/h7,10,17H,5-6H2,1-4H3,(H,14,18)(H,16,19). The number of hydrogen-bond acceptors (Lipinski definition) is 4. The van der Waals surface area contributed by atoms with Gasteiger partial charge in [0.05, 0.1) is 5.69 Å². The molecule has 19 heavy (non-hydrogen) atoms. The quantitative estimate of drug-likeness (QED) is 0.725. The van der Waals surface area contributed by atoms with Gasteiger partial charge in [-0.25, -0.2) is 5.10 Å². The van der Waals surface area contributed by atoms with Crippen molar-refractivity contribution in [1.82, 2.24) is 15.5 Å². The number of nitrogens with zero attached hydrogens (tertiary/aromatic N) is 1. The highest BCUT2D eigenvalue weighted by molar-refractivity contribution is 5.95. The van der Waals surface area contributed by atoms with Gasteiger partial charge in [0.25, 0.3) is 11.5 Å². The maximum Gasteiger partial charge on any atom is 0.277 e. The number of aliphatic hydroxyl groups excluding tert-OH is 1. The second-order valence-electron chi connectivity index (χ2n) is 4.97. The lowest BCUT2D eigenvalue weighted by atomic mass is 10.0. The molecule has 0 aliphatic carbocycles. The fraction of sp³-hybridized carbons (Fsp3) is 0.615. The van der Waals surface area contributed by atoms with E-state index in [9.17, 15) is 9.59 Å². The Morgan fingerprint density at radius 2 is 2.05 bits per heavy atom. The zero-order chi connectivity index (χ0) is 14.6. The Labute approximate surface area is 112 Å². The number of amides is 1. The van der Waals surface area contributed by atoms with E-state index in [1.165, 1.54) is 0 Å². The molecule has 0 bridgehead atoms. The number of hydrogen-bond donors (Lipinski definition) is 3. The van der Waals surface area contributed by atoms with Gasteiger partial charge in [-0.05, 0) is 31.7 Å². The maximum absolute atomic E-state index is 12.2. The zero-order valence-electron chi connectivity index (χ0n) is 11.8. The number of carbonyl (C=O) groups is 1. The Kier molecular flexibility index (Phi) is 5.23. The summed E-state index contributed by atoms with van der Waals surface area (Å²) in [6.07, 6.45) is 0.463. The van der Waals surface area contributed by atoms with Gasteiger partial charge in [-0.2, -0.15) is 5.10 Å².